The maximum atomic E-state index is 10.6. The Morgan fingerprint density at radius 1 is 0.512 bits per heavy atom. The van der Waals surface area contributed by atoms with Crippen molar-refractivity contribution >= 4 is 22.0 Å². The minimum absolute atomic E-state index is 0.0137. The summed E-state index contributed by atoms with van der Waals surface area (Å²) in [4.78, 5) is 0. The van der Waals surface area contributed by atoms with Gasteiger partial charge in [-0.3, -0.25) is 0 Å². The molecule has 4 rings (SSSR count). The molecule has 0 amide bonds. The molecule has 0 heterocycles. The van der Waals surface area contributed by atoms with Gasteiger partial charge in [0.15, 0.2) is 0 Å². The molecule has 4 aromatic carbocycles. The SMILES string of the molecule is CC(C)([CH2][Sn]([CH2]C(C)(C)c1ccccc1)([CH2]C(C)(C)c1ccccc1)/[C](=C/CO)c1ccccc1)c1ccccc1. The number of aliphatic hydroxyl groups is 1. The van der Waals surface area contributed by atoms with E-state index in [2.05, 4.69) is 169 Å². The minimum atomic E-state index is -3.56. The molecule has 1 nitrogen and oxygen atoms in total. The number of rotatable bonds is 12. The zero-order valence-electron chi connectivity index (χ0n) is 25.9. The van der Waals surface area contributed by atoms with Crippen LogP contribution in [0, 0.1) is 0 Å². The Labute approximate surface area is 253 Å². The molecule has 0 bridgehead atoms. The van der Waals surface area contributed by atoms with Gasteiger partial charge in [0.1, 0.15) is 0 Å². The van der Waals surface area contributed by atoms with Crippen molar-refractivity contribution < 1.29 is 5.11 Å². The molecule has 1 N–H and O–H groups in total. The van der Waals surface area contributed by atoms with Crippen molar-refractivity contribution in [3.8, 4) is 0 Å². The summed E-state index contributed by atoms with van der Waals surface area (Å²) in [5.41, 5.74) is 5.43. The first-order valence-electron chi connectivity index (χ1n) is 15.0. The van der Waals surface area contributed by atoms with Crippen LogP contribution in [0.5, 0.6) is 0 Å². The summed E-state index contributed by atoms with van der Waals surface area (Å²) in [5.74, 6) is 0. The predicted molar refractivity (Wildman–Crippen MR) is 180 cm³/mol. The molecule has 0 spiro atoms. The molecule has 0 aromatic heterocycles. The van der Waals surface area contributed by atoms with Gasteiger partial charge in [-0.2, -0.15) is 0 Å². The Kier molecular flexibility index (Phi) is 10.0. The van der Waals surface area contributed by atoms with Crippen molar-refractivity contribution in [1.82, 2.24) is 0 Å². The summed E-state index contributed by atoms with van der Waals surface area (Å²) in [7, 11) is 0. The van der Waals surface area contributed by atoms with Crippen LogP contribution in [-0.4, -0.2) is 30.1 Å². The Morgan fingerprint density at radius 2 is 0.805 bits per heavy atom. The van der Waals surface area contributed by atoms with Crippen molar-refractivity contribution in [2.75, 3.05) is 6.61 Å². The zero-order valence-corrected chi connectivity index (χ0v) is 28.8. The van der Waals surface area contributed by atoms with Crippen LogP contribution in [0.1, 0.15) is 63.8 Å². The fourth-order valence-corrected chi connectivity index (χ4v) is 30.0. The molecule has 0 unspecified atom stereocenters. The molecule has 0 fully saturated rings. The average Bonchev–Trinajstić information content (AvgIpc) is 2.97. The van der Waals surface area contributed by atoms with E-state index >= 15 is 0 Å². The van der Waals surface area contributed by atoms with Crippen molar-refractivity contribution in [3.63, 3.8) is 0 Å². The second kappa shape index (κ2) is 13.1. The van der Waals surface area contributed by atoms with E-state index in [1.807, 2.05) is 0 Å². The van der Waals surface area contributed by atoms with Crippen LogP contribution in [0.4, 0.5) is 0 Å². The zero-order chi connectivity index (χ0) is 29.6. The summed E-state index contributed by atoms with van der Waals surface area (Å²) in [5, 5.41) is 10.6. The fourth-order valence-electron chi connectivity index (χ4n) is 7.33. The summed E-state index contributed by atoms with van der Waals surface area (Å²) >= 11 is -3.56. The molecule has 0 aliphatic carbocycles. The van der Waals surface area contributed by atoms with E-state index in [9.17, 15) is 5.11 Å². The van der Waals surface area contributed by atoms with Crippen LogP contribution in [0.3, 0.4) is 0 Å². The van der Waals surface area contributed by atoms with Gasteiger partial charge >= 0.3 is 254 Å². The molecule has 0 atom stereocenters. The molecule has 0 radical (unpaired) electrons. The maximum absolute atomic E-state index is 10.6. The molecule has 41 heavy (non-hydrogen) atoms. The van der Waals surface area contributed by atoms with E-state index in [-0.39, 0.29) is 22.9 Å². The van der Waals surface area contributed by atoms with Gasteiger partial charge in [0, 0.05) is 0 Å². The number of hydrogen-bond acceptors (Lipinski definition) is 1. The first-order valence-corrected chi connectivity index (χ1v) is 22.5. The fraction of sp³-hybridized carbons (Fsp3) is 0.333. The van der Waals surface area contributed by atoms with E-state index < -0.39 is 18.4 Å². The summed E-state index contributed by atoms with van der Waals surface area (Å²) in [6.07, 6.45) is 2.19. The van der Waals surface area contributed by atoms with Gasteiger partial charge in [0.25, 0.3) is 0 Å². The number of benzene rings is 4. The normalized spacial score (nSPS) is 13.3. The van der Waals surface area contributed by atoms with E-state index in [4.69, 9.17) is 0 Å². The first kappa shape index (κ1) is 31.3. The molecular weight excluding hydrogens is 603 g/mol. The average molecular weight is 652 g/mol. The van der Waals surface area contributed by atoms with Crippen LogP contribution in [-0.2, 0) is 16.2 Å². The van der Waals surface area contributed by atoms with Gasteiger partial charge in [-0.05, 0) is 0 Å². The van der Waals surface area contributed by atoms with Gasteiger partial charge < -0.3 is 0 Å². The van der Waals surface area contributed by atoms with Crippen molar-refractivity contribution in [3.05, 3.63) is 150 Å². The molecule has 0 saturated carbocycles. The van der Waals surface area contributed by atoms with Crippen LogP contribution in [0.2, 0.25) is 13.3 Å². The van der Waals surface area contributed by atoms with E-state index in [0.29, 0.717) is 0 Å². The molecule has 0 saturated heterocycles. The van der Waals surface area contributed by atoms with Crippen LogP contribution < -0.4 is 0 Å². The third-order valence-corrected chi connectivity index (χ3v) is 27.0. The van der Waals surface area contributed by atoms with Gasteiger partial charge in [0.2, 0.25) is 0 Å². The number of hydrogen-bond donors (Lipinski definition) is 1. The third-order valence-electron chi connectivity index (χ3n) is 8.96. The van der Waals surface area contributed by atoms with Gasteiger partial charge in [-0.25, -0.2) is 0 Å². The van der Waals surface area contributed by atoms with Crippen LogP contribution in [0.25, 0.3) is 3.59 Å². The van der Waals surface area contributed by atoms with Crippen LogP contribution in [0.15, 0.2) is 127 Å². The van der Waals surface area contributed by atoms with E-state index in [1.54, 1.807) is 0 Å². The second-order valence-electron chi connectivity index (χ2n) is 13.7. The molecule has 4 aromatic rings. The van der Waals surface area contributed by atoms with Gasteiger partial charge in [-0.15, -0.1) is 0 Å². The molecule has 0 aliphatic heterocycles. The standard InChI is InChI=1S/3C10H13.C9H9O.Sn/c3*1-10(2,3)9-7-5-4-6-8-9;10-8-4-7-9-5-2-1-3-6-9;/h3*4-8H,1H2,2-3H3;1-6,10H,8H2;. The Morgan fingerprint density at radius 3 is 1.10 bits per heavy atom. The van der Waals surface area contributed by atoms with Crippen molar-refractivity contribution in [2.45, 2.75) is 71.1 Å². The summed E-state index contributed by atoms with van der Waals surface area (Å²) in [6.45, 7) is 14.7. The topological polar surface area (TPSA) is 20.2 Å². The Hall–Kier alpha value is -2.62. The van der Waals surface area contributed by atoms with Crippen molar-refractivity contribution in [1.29, 1.82) is 0 Å². The second-order valence-corrected chi connectivity index (χ2v) is 25.6. The quantitative estimate of drug-likeness (QED) is 0.151. The predicted octanol–water partition coefficient (Wildman–Crippen LogP) is 9.98. The molecule has 2 heteroatoms. The summed E-state index contributed by atoms with van der Waals surface area (Å²) in [6, 6.07) is 44.2. The van der Waals surface area contributed by atoms with Gasteiger partial charge in [-0.1, -0.05) is 0 Å². The number of aliphatic hydroxyl groups excluding tert-OH is 1. The molecule has 0 aliphatic rings. The third kappa shape index (κ3) is 7.62. The first-order chi connectivity index (χ1) is 19.5. The molecule has 214 valence electrons. The van der Waals surface area contributed by atoms with Crippen molar-refractivity contribution in [2.24, 2.45) is 0 Å². The van der Waals surface area contributed by atoms with E-state index in [1.165, 1.54) is 25.8 Å². The van der Waals surface area contributed by atoms with Gasteiger partial charge in [0.05, 0.1) is 0 Å². The summed E-state index contributed by atoms with van der Waals surface area (Å²) < 4.78 is 4.91. The van der Waals surface area contributed by atoms with Crippen LogP contribution >= 0.6 is 0 Å². The Bertz CT molecular complexity index is 1260. The monoisotopic (exact) mass is 652 g/mol. The molecular formula is C39H48OSn. The Balaban J connectivity index is 1.99. The van der Waals surface area contributed by atoms with E-state index in [0.717, 1.165) is 13.3 Å².